The molecule has 3 unspecified atom stereocenters. The van der Waals surface area contributed by atoms with E-state index in [1.165, 1.54) is 19.2 Å². The molecule has 3 aromatic carbocycles. The van der Waals surface area contributed by atoms with Gasteiger partial charge in [0.05, 0.1) is 35.2 Å². The minimum atomic E-state index is -5.07. The Morgan fingerprint density at radius 1 is 0.978 bits per heavy atom. The lowest BCUT2D eigenvalue weighted by Gasteiger charge is -2.16. The molecule has 0 radical (unpaired) electrons. The molecule has 1 saturated carbocycles. The Morgan fingerprint density at radius 2 is 1.69 bits per heavy atom. The highest BCUT2D eigenvalue weighted by molar-refractivity contribution is 6.14. The number of benzene rings is 3. The molecule has 3 aliphatic rings. The Labute approximate surface area is 250 Å². The summed E-state index contributed by atoms with van der Waals surface area (Å²) in [6, 6.07) is 8.02. The van der Waals surface area contributed by atoms with Crippen molar-refractivity contribution in [3.05, 3.63) is 76.6 Å². The SMILES string of the molecule is COc1ccc(C2=NOC3CC(N)CC23)cc1C(=O)Nc1cc2c(cc1C(=O)Nc1ccc(F)c(C(F)(F)F)c1)OC(F)(F)O2. The van der Waals surface area contributed by atoms with Crippen molar-refractivity contribution in [2.45, 2.75) is 37.5 Å². The number of carbonyl (C=O) groups excluding carboxylic acids is 2. The van der Waals surface area contributed by atoms with Crippen molar-refractivity contribution < 1.29 is 55.0 Å². The molecule has 16 heteroatoms. The van der Waals surface area contributed by atoms with Gasteiger partial charge in [-0.05, 0) is 48.9 Å². The van der Waals surface area contributed by atoms with Crippen molar-refractivity contribution in [3.8, 4) is 17.2 Å². The van der Waals surface area contributed by atoms with E-state index >= 15 is 0 Å². The number of carbonyl (C=O) groups is 2. The number of fused-ring (bicyclic) bond motifs is 2. The lowest BCUT2D eigenvalue weighted by molar-refractivity contribution is -0.286. The minimum absolute atomic E-state index is 0.0360. The third kappa shape index (κ3) is 5.80. The van der Waals surface area contributed by atoms with Gasteiger partial charge in [0.25, 0.3) is 11.8 Å². The summed E-state index contributed by atoms with van der Waals surface area (Å²) in [6.07, 6.45) is -8.13. The molecule has 0 saturated heterocycles. The zero-order valence-electron chi connectivity index (χ0n) is 23.0. The standard InChI is InChI=1S/C29H22F6N4O6/c1-42-21-5-2-12(25-16-7-13(36)8-22(16)45-39-25)6-17(21)27(41)38-20-11-24-23(43-29(34,35)44-24)10-15(20)26(40)37-14-3-4-19(30)18(9-14)28(31,32)33/h2-6,9-11,13,16,22H,7-8,36H2,1H3,(H,37,40)(H,38,41). The van der Waals surface area contributed by atoms with Crippen LogP contribution in [-0.4, -0.2) is 43.1 Å². The Hall–Kier alpha value is -4.99. The van der Waals surface area contributed by atoms with E-state index in [2.05, 4.69) is 25.3 Å². The molecule has 3 aromatic rings. The molecule has 3 atom stereocenters. The number of oxime groups is 1. The first kappa shape index (κ1) is 30.1. The number of anilines is 2. The first-order valence-electron chi connectivity index (χ1n) is 13.3. The maximum Gasteiger partial charge on any atom is 0.586 e. The molecule has 0 bridgehead atoms. The third-order valence-electron chi connectivity index (χ3n) is 7.48. The Bertz CT molecular complexity index is 1750. The van der Waals surface area contributed by atoms with Gasteiger partial charge in [0.2, 0.25) is 0 Å². The quantitative estimate of drug-likeness (QED) is 0.304. The Balaban J connectivity index is 1.33. The summed E-state index contributed by atoms with van der Waals surface area (Å²) in [4.78, 5) is 32.4. The number of hydrogen-bond acceptors (Lipinski definition) is 8. The van der Waals surface area contributed by atoms with Crippen LogP contribution in [0.15, 0.2) is 53.7 Å². The summed E-state index contributed by atoms with van der Waals surface area (Å²) in [5.41, 5.74) is 4.17. The molecule has 0 aromatic heterocycles. The fraction of sp³-hybridized carbons (Fsp3) is 0.276. The van der Waals surface area contributed by atoms with E-state index < -0.39 is 58.4 Å². The largest absolute Gasteiger partial charge is 0.586 e. The lowest BCUT2D eigenvalue weighted by atomic mass is 9.93. The molecule has 6 rings (SSSR count). The molecule has 45 heavy (non-hydrogen) atoms. The van der Waals surface area contributed by atoms with Crippen LogP contribution in [0.4, 0.5) is 37.7 Å². The summed E-state index contributed by atoms with van der Waals surface area (Å²) >= 11 is 0. The molecule has 0 spiro atoms. The van der Waals surface area contributed by atoms with E-state index in [4.69, 9.17) is 15.3 Å². The van der Waals surface area contributed by atoms with Crippen molar-refractivity contribution in [2.24, 2.45) is 16.8 Å². The number of nitrogens with two attached hydrogens (primary N) is 1. The van der Waals surface area contributed by atoms with Crippen LogP contribution in [0.5, 0.6) is 17.2 Å². The number of nitrogens with zero attached hydrogens (tertiary/aromatic N) is 1. The number of hydrogen-bond donors (Lipinski definition) is 3. The van der Waals surface area contributed by atoms with Gasteiger partial charge in [-0.2, -0.15) is 13.2 Å². The number of ether oxygens (including phenoxy) is 3. The van der Waals surface area contributed by atoms with Gasteiger partial charge in [0.1, 0.15) is 17.7 Å². The fourth-order valence-corrected chi connectivity index (χ4v) is 5.44. The summed E-state index contributed by atoms with van der Waals surface area (Å²) in [6.45, 7) is 0. The van der Waals surface area contributed by atoms with Crippen molar-refractivity contribution in [2.75, 3.05) is 17.7 Å². The summed E-state index contributed by atoms with van der Waals surface area (Å²) < 4.78 is 95.3. The van der Waals surface area contributed by atoms with Crippen LogP contribution in [0.2, 0.25) is 0 Å². The van der Waals surface area contributed by atoms with Crippen molar-refractivity contribution in [1.29, 1.82) is 0 Å². The monoisotopic (exact) mass is 636 g/mol. The molecular weight excluding hydrogens is 614 g/mol. The van der Waals surface area contributed by atoms with Crippen LogP contribution >= 0.6 is 0 Å². The molecule has 2 heterocycles. The number of halogens is 6. The number of alkyl halides is 5. The van der Waals surface area contributed by atoms with Gasteiger partial charge in [0.15, 0.2) is 11.5 Å². The lowest BCUT2D eigenvalue weighted by Crippen LogP contribution is -2.25. The van der Waals surface area contributed by atoms with E-state index in [9.17, 15) is 35.9 Å². The zero-order valence-corrected chi connectivity index (χ0v) is 23.0. The fourth-order valence-electron chi connectivity index (χ4n) is 5.44. The van der Waals surface area contributed by atoms with Gasteiger partial charge in [-0.3, -0.25) is 9.59 Å². The topological polar surface area (TPSA) is 134 Å². The maximum atomic E-state index is 13.9. The second kappa shape index (κ2) is 10.9. The summed E-state index contributed by atoms with van der Waals surface area (Å²) in [5, 5.41) is 8.76. The second-order valence-corrected chi connectivity index (χ2v) is 10.5. The van der Waals surface area contributed by atoms with Crippen LogP contribution in [0, 0.1) is 11.7 Å². The van der Waals surface area contributed by atoms with Crippen LogP contribution in [0.3, 0.4) is 0 Å². The minimum Gasteiger partial charge on any atom is -0.496 e. The van der Waals surface area contributed by atoms with Gasteiger partial charge >= 0.3 is 12.5 Å². The molecular formula is C29H22F6N4O6. The van der Waals surface area contributed by atoms with E-state index in [1.54, 1.807) is 6.07 Å². The molecule has 1 aliphatic carbocycles. The highest BCUT2D eigenvalue weighted by Gasteiger charge is 2.45. The van der Waals surface area contributed by atoms with Gasteiger partial charge in [-0.15, -0.1) is 8.78 Å². The predicted molar refractivity (Wildman–Crippen MR) is 145 cm³/mol. The molecule has 1 fully saturated rings. The number of methoxy groups -OCH3 is 1. The Kier molecular flexibility index (Phi) is 7.26. The average molecular weight is 637 g/mol. The number of amides is 2. The Morgan fingerprint density at radius 3 is 2.40 bits per heavy atom. The van der Waals surface area contributed by atoms with E-state index in [0.717, 1.165) is 18.2 Å². The number of nitrogens with one attached hydrogen (secondary N) is 2. The predicted octanol–water partition coefficient (Wildman–Crippen LogP) is 5.52. The highest BCUT2D eigenvalue weighted by Crippen LogP contribution is 2.44. The van der Waals surface area contributed by atoms with Crippen molar-refractivity contribution >= 4 is 28.9 Å². The van der Waals surface area contributed by atoms with Gasteiger partial charge in [-0.1, -0.05) is 5.16 Å². The van der Waals surface area contributed by atoms with Gasteiger partial charge < -0.3 is 35.4 Å². The molecule has 2 amide bonds. The summed E-state index contributed by atoms with van der Waals surface area (Å²) in [7, 11) is 1.31. The average Bonchev–Trinajstić information content (AvgIpc) is 3.62. The van der Waals surface area contributed by atoms with Crippen molar-refractivity contribution in [3.63, 3.8) is 0 Å². The molecule has 2 aliphatic heterocycles. The van der Waals surface area contributed by atoms with Crippen molar-refractivity contribution in [1.82, 2.24) is 0 Å². The molecule has 236 valence electrons. The van der Waals surface area contributed by atoms with Crippen LogP contribution < -0.4 is 30.6 Å². The maximum absolute atomic E-state index is 13.9. The van der Waals surface area contributed by atoms with E-state index in [-0.39, 0.29) is 35.1 Å². The zero-order chi connectivity index (χ0) is 32.3. The molecule has 10 nitrogen and oxygen atoms in total. The number of rotatable bonds is 6. The molecule has 4 N–H and O–H groups in total. The third-order valence-corrected chi connectivity index (χ3v) is 7.48. The highest BCUT2D eigenvalue weighted by atomic mass is 19.4. The normalized spacial score (nSPS) is 21.1. The van der Waals surface area contributed by atoms with Gasteiger partial charge in [-0.25, -0.2) is 4.39 Å². The van der Waals surface area contributed by atoms with Crippen LogP contribution in [0.1, 0.15) is 44.7 Å². The smallest absolute Gasteiger partial charge is 0.496 e. The van der Waals surface area contributed by atoms with Gasteiger partial charge in [0, 0.05) is 35.7 Å². The summed E-state index contributed by atoms with van der Waals surface area (Å²) in [5.74, 6) is -4.67. The van der Waals surface area contributed by atoms with Crippen LogP contribution in [0.25, 0.3) is 0 Å². The first-order chi connectivity index (χ1) is 21.2. The van der Waals surface area contributed by atoms with E-state index in [0.29, 0.717) is 36.2 Å². The second-order valence-electron chi connectivity index (χ2n) is 10.5. The van der Waals surface area contributed by atoms with E-state index in [1.807, 2.05) is 0 Å². The van der Waals surface area contributed by atoms with Crippen LogP contribution in [-0.2, 0) is 11.0 Å². The first-order valence-corrected chi connectivity index (χ1v) is 13.3.